The molecule has 0 radical (unpaired) electrons. The predicted octanol–water partition coefficient (Wildman–Crippen LogP) is 7.62. The van der Waals surface area contributed by atoms with Crippen LogP contribution in [0.15, 0.2) is 36.7 Å². The van der Waals surface area contributed by atoms with Crippen molar-refractivity contribution < 1.29 is 0 Å². The van der Waals surface area contributed by atoms with Crippen LogP contribution in [0.5, 0.6) is 0 Å². The molecule has 0 amide bonds. The van der Waals surface area contributed by atoms with E-state index in [0.29, 0.717) is 5.92 Å². The number of hydrogen-bond donors (Lipinski definition) is 0. The minimum atomic E-state index is -0.0719. The van der Waals surface area contributed by atoms with Crippen LogP contribution >= 0.6 is 0 Å². The highest BCUT2D eigenvalue weighted by Gasteiger charge is 2.35. The van der Waals surface area contributed by atoms with Crippen LogP contribution in [0, 0.1) is 16.7 Å². The van der Waals surface area contributed by atoms with Crippen LogP contribution in [0.2, 0.25) is 0 Å². The highest BCUT2D eigenvalue weighted by molar-refractivity contribution is 5.55. The number of unbranched alkanes of at least 4 members (excludes halogenated alkanes) is 4. The molecule has 1 aromatic carbocycles. The van der Waals surface area contributed by atoms with Crippen LogP contribution in [0.1, 0.15) is 102 Å². The van der Waals surface area contributed by atoms with Gasteiger partial charge in [-0.2, -0.15) is 5.26 Å². The molecule has 3 nitrogen and oxygen atoms in total. The lowest BCUT2D eigenvalue weighted by Gasteiger charge is -2.35. The van der Waals surface area contributed by atoms with Crippen LogP contribution in [-0.4, -0.2) is 9.97 Å². The van der Waals surface area contributed by atoms with E-state index >= 15 is 0 Å². The average molecular weight is 404 g/mol. The van der Waals surface area contributed by atoms with Gasteiger partial charge in [0.05, 0.1) is 11.5 Å². The number of nitrogens with zero attached hydrogens (tertiary/aromatic N) is 3. The molecule has 160 valence electrons. The maximum atomic E-state index is 9.82. The molecule has 0 saturated heterocycles. The van der Waals surface area contributed by atoms with E-state index in [9.17, 15) is 5.26 Å². The second kappa shape index (κ2) is 11.3. The average Bonchev–Trinajstić information content (AvgIpc) is 2.81. The third-order valence-electron chi connectivity index (χ3n) is 6.85. The molecule has 0 spiro atoms. The smallest absolute Gasteiger partial charge is 0.159 e. The lowest BCUT2D eigenvalue weighted by Crippen LogP contribution is -2.25. The SMILES string of the molecule is CCCCCCC1(C#N)CCC(c2ccc(-c3ncc(CCCC)cn3)cc2)CC1. The Hall–Kier alpha value is -2.21. The summed E-state index contributed by atoms with van der Waals surface area (Å²) in [5.41, 5.74) is 3.63. The van der Waals surface area contributed by atoms with E-state index in [4.69, 9.17) is 0 Å². The first-order chi connectivity index (χ1) is 14.7. The normalized spacial score (nSPS) is 21.3. The molecule has 1 aromatic heterocycles. The van der Waals surface area contributed by atoms with Crippen molar-refractivity contribution in [3.63, 3.8) is 0 Å². The minimum absolute atomic E-state index is 0.0719. The molecular formula is C27H37N3. The quantitative estimate of drug-likeness (QED) is 0.383. The fourth-order valence-corrected chi connectivity index (χ4v) is 4.73. The van der Waals surface area contributed by atoms with Crippen LogP contribution in [0.25, 0.3) is 11.4 Å². The van der Waals surface area contributed by atoms with Crippen molar-refractivity contribution in [3.05, 3.63) is 47.8 Å². The van der Waals surface area contributed by atoms with E-state index in [1.165, 1.54) is 49.7 Å². The van der Waals surface area contributed by atoms with Crippen molar-refractivity contribution in [2.24, 2.45) is 5.41 Å². The van der Waals surface area contributed by atoms with Gasteiger partial charge in [0.2, 0.25) is 0 Å². The van der Waals surface area contributed by atoms with Crippen LogP contribution < -0.4 is 0 Å². The van der Waals surface area contributed by atoms with E-state index in [2.05, 4.69) is 54.2 Å². The van der Waals surface area contributed by atoms with Gasteiger partial charge in [-0.05, 0) is 62.0 Å². The summed E-state index contributed by atoms with van der Waals surface area (Å²) in [5.74, 6) is 1.38. The third kappa shape index (κ3) is 5.91. The molecule has 2 aromatic rings. The van der Waals surface area contributed by atoms with Crippen LogP contribution in [0.3, 0.4) is 0 Å². The Morgan fingerprint density at radius 2 is 1.60 bits per heavy atom. The first-order valence-electron chi connectivity index (χ1n) is 12.0. The van der Waals surface area contributed by atoms with Crippen LogP contribution in [-0.2, 0) is 6.42 Å². The number of aromatic nitrogens is 2. The van der Waals surface area contributed by atoms with Gasteiger partial charge in [0, 0.05) is 18.0 Å². The van der Waals surface area contributed by atoms with Crippen molar-refractivity contribution in [1.82, 2.24) is 9.97 Å². The van der Waals surface area contributed by atoms with Crippen molar-refractivity contribution in [3.8, 4) is 17.5 Å². The molecule has 3 heteroatoms. The summed E-state index contributed by atoms with van der Waals surface area (Å²) in [6.07, 6.45) is 17.8. The third-order valence-corrected chi connectivity index (χ3v) is 6.85. The summed E-state index contributed by atoms with van der Waals surface area (Å²) in [4.78, 5) is 9.14. The summed E-state index contributed by atoms with van der Waals surface area (Å²) in [6.45, 7) is 4.45. The van der Waals surface area contributed by atoms with E-state index in [-0.39, 0.29) is 5.41 Å². The monoisotopic (exact) mass is 403 g/mol. The van der Waals surface area contributed by atoms with Crippen molar-refractivity contribution in [1.29, 1.82) is 5.26 Å². The lowest BCUT2D eigenvalue weighted by atomic mass is 9.67. The highest BCUT2D eigenvalue weighted by Crippen LogP contribution is 2.45. The Kier molecular flexibility index (Phi) is 8.43. The Morgan fingerprint density at radius 1 is 0.933 bits per heavy atom. The first-order valence-corrected chi connectivity index (χ1v) is 12.0. The molecule has 30 heavy (non-hydrogen) atoms. The van der Waals surface area contributed by atoms with Gasteiger partial charge >= 0.3 is 0 Å². The fourth-order valence-electron chi connectivity index (χ4n) is 4.73. The van der Waals surface area contributed by atoms with E-state index < -0.39 is 0 Å². The molecule has 3 rings (SSSR count). The van der Waals surface area contributed by atoms with Gasteiger partial charge in [-0.25, -0.2) is 9.97 Å². The molecule has 1 aliphatic carbocycles. The number of nitriles is 1. The Balaban J connectivity index is 1.56. The summed E-state index contributed by atoms with van der Waals surface area (Å²) in [5, 5.41) is 9.82. The van der Waals surface area contributed by atoms with E-state index in [1.807, 2.05) is 12.4 Å². The topological polar surface area (TPSA) is 49.6 Å². The zero-order chi connectivity index (χ0) is 21.2. The Labute approximate surface area is 183 Å². The van der Waals surface area contributed by atoms with E-state index in [1.54, 1.807) is 0 Å². The Bertz CT molecular complexity index is 793. The number of hydrogen-bond acceptors (Lipinski definition) is 3. The molecule has 1 saturated carbocycles. The number of benzene rings is 1. The fraction of sp³-hybridized carbons (Fsp3) is 0.593. The van der Waals surface area contributed by atoms with Gasteiger partial charge in [-0.15, -0.1) is 0 Å². The number of rotatable bonds is 10. The summed E-state index contributed by atoms with van der Waals surface area (Å²) in [7, 11) is 0. The zero-order valence-corrected chi connectivity index (χ0v) is 18.9. The molecule has 0 N–H and O–H groups in total. The van der Waals surface area contributed by atoms with Crippen molar-refractivity contribution in [2.75, 3.05) is 0 Å². The van der Waals surface area contributed by atoms with Crippen molar-refractivity contribution >= 4 is 0 Å². The van der Waals surface area contributed by atoms with Gasteiger partial charge in [-0.3, -0.25) is 0 Å². The summed E-state index contributed by atoms with van der Waals surface area (Å²) >= 11 is 0. The van der Waals surface area contributed by atoms with Crippen LogP contribution in [0.4, 0.5) is 0 Å². The first kappa shape index (κ1) is 22.5. The summed E-state index contributed by atoms with van der Waals surface area (Å²) < 4.78 is 0. The maximum absolute atomic E-state index is 9.82. The standard InChI is InChI=1S/C27H37N3/c1-3-5-7-8-16-27(21-28)17-14-24(15-18-27)23-10-12-25(13-11-23)26-29-19-22(20-30-26)9-6-4-2/h10-13,19-20,24H,3-9,14-18H2,1-2H3. The van der Waals surface area contributed by atoms with Gasteiger partial charge in [0.25, 0.3) is 0 Å². The minimum Gasteiger partial charge on any atom is -0.236 e. The van der Waals surface area contributed by atoms with Crippen molar-refractivity contribution in [2.45, 2.75) is 96.8 Å². The molecule has 0 bridgehead atoms. The van der Waals surface area contributed by atoms with E-state index in [0.717, 1.165) is 49.9 Å². The molecule has 1 fully saturated rings. The van der Waals surface area contributed by atoms with Gasteiger partial charge in [0.1, 0.15) is 0 Å². The lowest BCUT2D eigenvalue weighted by molar-refractivity contribution is 0.223. The second-order valence-electron chi connectivity index (χ2n) is 9.12. The zero-order valence-electron chi connectivity index (χ0n) is 18.9. The molecule has 1 aliphatic rings. The maximum Gasteiger partial charge on any atom is 0.159 e. The molecule has 0 aliphatic heterocycles. The molecule has 1 heterocycles. The van der Waals surface area contributed by atoms with Gasteiger partial charge in [-0.1, -0.05) is 70.2 Å². The highest BCUT2D eigenvalue weighted by atomic mass is 14.9. The number of aryl methyl sites for hydroxylation is 1. The summed E-state index contributed by atoms with van der Waals surface area (Å²) in [6, 6.07) is 11.5. The second-order valence-corrected chi connectivity index (χ2v) is 9.12. The largest absolute Gasteiger partial charge is 0.236 e. The Morgan fingerprint density at radius 3 is 2.20 bits per heavy atom. The van der Waals surface area contributed by atoms with Gasteiger partial charge < -0.3 is 0 Å². The molecule has 0 atom stereocenters. The molecule has 0 unspecified atom stereocenters. The van der Waals surface area contributed by atoms with Gasteiger partial charge in [0.15, 0.2) is 5.82 Å². The molecular weight excluding hydrogens is 366 g/mol. The predicted molar refractivity (Wildman–Crippen MR) is 124 cm³/mol.